The van der Waals surface area contributed by atoms with E-state index in [1.807, 2.05) is 20.8 Å². The lowest BCUT2D eigenvalue weighted by Gasteiger charge is -2.24. The highest BCUT2D eigenvalue weighted by molar-refractivity contribution is 7.82. The third kappa shape index (κ3) is 3.64. The molecule has 0 atom stereocenters. The van der Waals surface area contributed by atoms with Crippen LogP contribution in [0.1, 0.15) is 20.8 Å². The maximum absolute atomic E-state index is 12.2. The summed E-state index contributed by atoms with van der Waals surface area (Å²) < 4.78 is 37.3. The minimum Gasteiger partial charge on any atom is -0.290 e. The van der Waals surface area contributed by atoms with Crippen LogP contribution < -0.4 is 0 Å². The predicted molar refractivity (Wildman–Crippen MR) is 48.3 cm³/mol. The first-order chi connectivity index (χ1) is 5.39. The molecule has 0 radical (unpaired) electrons. The highest BCUT2D eigenvalue weighted by Crippen LogP contribution is 2.24. The van der Waals surface area contributed by atoms with Crippen LogP contribution in [0.2, 0.25) is 18.1 Å². The fourth-order valence-corrected chi connectivity index (χ4v) is 5.74. The molecule has 0 spiro atoms. The Morgan fingerprint density at radius 1 is 1.17 bits per heavy atom. The molecule has 0 aliphatic carbocycles. The quantitative estimate of drug-likeness (QED) is 0.520. The van der Waals surface area contributed by atoms with Gasteiger partial charge in [0.15, 0.2) is 0 Å². The van der Waals surface area contributed by atoms with E-state index in [1.54, 1.807) is 0 Å². The van der Waals surface area contributed by atoms with E-state index in [2.05, 4.69) is 3.87 Å². The van der Waals surface area contributed by atoms with Gasteiger partial charge in [-0.05, 0) is 18.1 Å². The molecule has 0 unspecified atom stereocenters. The van der Waals surface area contributed by atoms with Crippen LogP contribution in [0.5, 0.6) is 0 Å². The first-order valence-electron chi connectivity index (χ1n) is 4.04. The van der Waals surface area contributed by atoms with Gasteiger partial charge in [-0.2, -0.15) is 8.42 Å². The second-order valence-corrected chi connectivity index (χ2v) is 8.66. The Labute approximate surface area is 74.5 Å². The van der Waals surface area contributed by atoms with Crippen LogP contribution in [0.3, 0.4) is 0 Å². The number of hydrogen-bond donors (Lipinski definition) is 0. The molecule has 0 aliphatic rings. The fraction of sp³-hybridized carbons (Fsp3) is 1.00. The number of halogens is 1. The van der Waals surface area contributed by atoms with E-state index >= 15 is 0 Å². The molecule has 0 fully saturated rings. The van der Waals surface area contributed by atoms with Crippen molar-refractivity contribution in [2.45, 2.75) is 38.9 Å². The van der Waals surface area contributed by atoms with Crippen molar-refractivity contribution in [1.82, 2.24) is 0 Å². The standard InChI is InChI=1S/C6H15FO3SSi/c1-4-12(5-2,6-3)10-11(7,8)9/h4-6H2,1-3H3. The Morgan fingerprint density at radius 2 is 1.50 bits per heavy atom. The molecule has 0 rings (SSSR count). The maximum atomic E-state index is 12.2. The third-order valence-electron chi connectivity index (χ3n) is 2.21. The molecule has 0 saturated heterocycles. The Hall–Kier alpha value is 0.0569. The molecule has 0 bridgehead atoms. The van der Waals surface area contributed by atoms with E-state index in [4.69, 9.17) is 0 Å². The van der Waals surface area contributed by atoms with E-state index in [1.165, 1.54) is 0 Å². The van der Waals surface area contributed by atoms with Crippen LogP contribution in [0.4, 0.5) is 3.89 Å². The zero-order valence-electron chi connectivity index (χ0n) is 7.63. The predicted octanol–water partition coefficient (Wildman–Crippen LogP) is 2.22. The monoisotopic (exact) mass is 214 g/mol. The zero-order chi connectivity index (χ0) is 9.83. The van der Waals surface area contributed by atoms with Crippen LogP contribution in [0.25, 0.3) is 0 Å². The van der Waals surface area contributed by atoms with Gasteiger partial charge < -0.3 is 0 Å². The zero-order valence-corrected chi connectivity index (χ0v) is 9.45. The van der Waals surface area contributed by atoms with Crippen LogP contribution in [-0.2, 0) is 14.4 Å². The van der Waals surface area contributed by atoms with Gasteiger partial charge in [0.25, 0.3) is 0 Å². The van der Waals surface area contributed by atoms with Crippen molar-refractivity contribution >= 4 is 18.8 Å². The minimum absolute atomic E-state index is 0.628. The molecule has 0 N–H and O–H groups in total. The Bertz CT molecular complexity index is 215. The van der Waals surface area contributed by atoms with Crippen molar-refractivity contribution < 1.29 is 16.2 Å². The molecule has 0 aliphatic heterocycles. The van der Waals surface area contributed by atoms with Gasteiger partial charge in [0.2, 0.25) is 8.32 Å². The van der Waals surface area contributed by atoms with Crippen molar-refractivity contribution in [1.29, 1.82) is 0 Å². The van der Waals surface area contributed by atoms with Crippen LogP contribution in [0, 0.1) is 0 Å². The molecule has 6 heteroatoms. The molecular formula is C6H15FO3SSi. The average Bonchev–Trinajstić information content (AvgIpc) is 1.99. The van der Waals surface area contributed by atoms with Gasteiger partial charge in [-0.25, -0.2) is 0 Å². The molecule has 3 nitrogen and oxygen atoms in total. The van der Waals surface area contributed by atoms with Crippen LogP contribution in [0.15, 0.2) is 0 Å². The molecular weight excluding hydrogens is 199 g/mol. The van der Waals surface area contributed by atoms with E-state index in [-0.39, 0.29) is 0 Å². The van der Waals surface area contributed by atoms with Crippen molar-refractivity contribution in [3.8, 4) is 0 Å². The summed E-state index contributed by atoms with van der Waals surface area (Å²) in [7, 11) is -7.07. The highest BCUT2D eigenvalue weighted by Gasteiger charge is 2.34. The average molecular weight is 214 g/mol. The lowest BCUT2D eigenvalue weighted by molar-refractivity contribution is 0.430. The minimum atomic E-state index is -4.76. The molecule has 0 aromatic rings. The fourth-order valence-electron chi connectivity index (χ4n) is 1.14. The Kier molecular flexibility index (Phi) is 4.36. The van der Waals surface area contributed by atoms with Crippen molar-refractivity contribution in [2.24, 2.45) is 0 Å². The lowest BCUT2D eigenvalue weighted by Crippen LogP contribution is -2.36. The first kappa shape index (κ1) is 12.1. The summed E-state index contributed by atoms with van der Waals surface area (Å²) in [6.07, 6.45) is 0. The van der Waals surface area contributed by atoms with E-state index in [9.17, 15) is 12.3 Å². The molecule has 0 aromatic heterocycles. The van der Waals surface area contributed by atoms with Gasteiger partial charge in [-0.1, -0.05) is 24.7 Å². The Balaban J connectivity index is 4.52. The molecule has 0 aromatic carbocycles. The first-order valence-corrected chi connectivity index (χ1v) is 7.88. The third-order valence-corrected chi connectivity index (χ3v) is 8.29. The summed E-state index contributed by atoms with van der Waals surface area (Å²) >= 11 is 0. The highest BCUT2D eigenvalue weighted by atomic mass is 32.3. The summed E-state index contributed by atoms with van der Waals surface area (Å²) in [6.45, 7) is 5.51. The van der Waals surface area contributed by atoms with Crippen LogP contribution >= 0.6 is 0 Å². The molecule has 0 amide bonds. The number of hydrogen-bond acceptors (Lipinski definition) is 3. The van der Waals surface area contributed by atoms with Gasteiger partial charge in [-0.3, -0.25) is 3.87 Å². The normalized spacial score (nSPS) is 13.3. The van der Waals surface area contributed by atoms with Crippen molar-refractivity contribution in [2.75, 3.05) is 0 Å². The summed E-state index contributed by atoms with van der Waals surface area (Å²) in [5.74, 6) is 0. The van der Waals surface area contributed by atoms with E-state index in [0.29, 0.717) is 18.1 Å². The van der Waals surface area contributed by atoms with E-state index in [0.717, 1.165) is 0 Å². The van der Waals surface area contributed by atoms with Crippen molar-refractivity contribution in [3.05, 3.63) is 0 Å². The topological polar surface area (TPSA) is 43.4 Å². The second kappa shape index (κ2) is 4.34. The SMILES string of the molecule is CC[Si](CC)(CC)OS(=O)(=O)F. The summed E-state index contributed by atoms with van der Waals surface area (Å²) in [6, 6.07) is 1.88. The molecule has 0 heterocycles. The summed E-state index contributed by atoms with van der Waals surface area (Å²) in [5.41, 5.74) is 0. The summed E-state index contributed by atoms with van der Waals surface area (Å²) in [4.78, 5) is 0. The van der Waals surface area contributed by atoms with Gasteiger partial charge in [-0.15, -0.1) is 0 Å². The lowest BCUT2D eigenvalue weighted by atomic mass is 10.9. The van der Waals surface area contributed by atoms with Gasteiger partial charge in [0.05, 0.1) is 0 Å². The second-order valence-electron chi connectivity index (χ2n) is 2.72. The van der Waals surface area contributed by atoms with Gasteiger partial charge >= 0.3 is 10.5 Å². The molecule has 0 saturated carbocycles. The maximum Gasteiger partial charge on any atom is 0.427 e. The summed E-state index contributed by atoms with van der Waals surface area (Å²) in [5, 5.41) is 0. The van der Waals surface area contributed by atoms with E-state index < -0.39 is 18.8 Å². The van der Waals surface area contributed by atoms with Crippen molar-refractivity contribution in [3.63, 3.8) is 0 Å². The molecule has 12 heavy (non-hydrogen) atoms. The molecule has 74 valence electrons. The van der Waals surface area contributed by atoms with Gasteiger partial charge in [0, 0.05) is 0 Å². The Morgan fingerprint density at radius 3 is 1.58 bits per heavy atom. The number of rotatable bonds is 5. The largest absolute Gasteiger partial charge is 0.427 e. The smallest absolute Gasteiger partial charge is 0.290 e. The van der Waals surface area contributed by atoms with Gasteiger partial charge in [0.1, 0.15) is 0 Å². The van der Waals surface area contributed by atoms with Crippen LogP contribution in [-0.4, -0.2) is 16.7 Å².